The quantitative estimate of drug-likeness (QED) is 0.462. The van der Waals surface area contributed by atoms with E-state index in [1.165, 1.54) is 19.3 Å². The normalized spacial score (nSPS) is 12.4. The molecule has 1 atom stereocenters. The first kappa shape index (κ1) is 15.4. The van der Waals surface area contributed by atoms with Gasteiger partial charge in [0.2, 0.25) is 0 Å². The molecule has 0 aliphatic heterocycles. The van der Waals surface area contributed by atoms with Gasteiger partial charge in [-0.15, -0.1) is 0 Å². The number of esters is 1. The van der Waals surface area contributed by atoms with Gasteiger partial charge in [-0.05, 0) is 26.3 Å². The number of carbonyl (C=O) groups excluding carboxylic acids is 1. The highest BCUT2D eigenvalue weighted by Gasteiger charge is 2.17. The van der Waals surface area contributed by atoms with E-state index in [-0.39, 0.29) is 12.0 Å². The zero-order chi connectivity index (χ0) is 12.2. The Kier molecular flexibility index (Phi) is 10.5. The molecule has 0 fully saturated rings. The second kappa shape index (κ2) is 10.9. The van der Waals surface area contributed by atoms with Crippen LogP contribution in [0.3, 0.4) is 0 Å². The van der Waals surface area contributed by atoms with Crippen molar-refractivity contribution in [2.24, 2.45) is 0 Å². The summed E-state index contributed by atoms with van der Waals surface area (Å²) in [5, 5.41) is 3.26. The second-order valence-corrected chi connectivity index (χ2v) is 4.11. The van der Waals surface area contributed by atoms with Gasteiger partial charge in [0.1, 0.15) is 6.04 Å². The molecule has 0 aromatic carbocycles. The van der Waals surface area contributed by atoms with Crippen molar-refractivity contribution in [3.63, 3.8) is 0 Å². The molecule has 0 saturated carbocycles. The van der Waals surface area contributed by atoms with Gasteiger partial charge < -0.3 is 10.1 Å². The first-order chi connectivity index (χ1) is 7.76. The largest absolute Gasteiger partial charge is 0.465 e. The summed E-state index contributed by atoms with van der Waals surface area (Å²) in [5.41, 5.74) is 0. The van der Waals surface area contributed by atoms with Gasteiger partial charge in [0.25, 0.3) is 0 Å². The Hall–Kier alpha value is -0.570. The lowest BCUT2D eigenvalue weighted by Gasteiger charge is -2.16. The predicted molar refractivity (Wildman–Crippen MR) is 67.5 cm³/mol. The number of carbonyl (C=O) groups is 1. The fourth-order valence-corrected chi connectivity index (χ4v) is 1.64. The van der Waals surface area contributed by atoms with E-state index >= 15 is 0 Å². The Balaban J connectivity index is 3.84. The molecule has 96 valence electrons. The maximum atomic E-state index is 11.6. The molecule has 1 unspecified atom stereocenters. The molecule has 1 N–H and O–H groups in total. The number of hydrogen-bond acceptors (Lipinski definition) is 3. The molecule has 0 amide bonds. The fraction of sp³-hybridized carbons (Fsp3) is 0.923. The lowest BCUT2D eigenvalue weighted by atomic mass is 10.1. The van der Waals surface area contributed by atoms with Crippen LogP contribution >= 0.6 is 0 Å². The van der Waals surface area contributed by atoms with E-state index in [4.69, 9.17) is 4.74 Å². The molecule has 0 aromatic rings. The summed E-state index contributed by atoms with van der Waals surface area (Å²) in [7, 11) is 0. The zero-order valence-electron chi connectivity index (χ0n) is 11.1. The van der Waals surface area contributed by atoms with E-state index in [9.17, 15) is 4.79 Å². The number of unbranched alkanes of at least 4 members (excludes halogenated alkanes) is 3. The lowest BCUT2D eigenvalue weighted by molar-refractivity contribution is -0.145. The van der Waals surface area contributed by atoms with E-state index < -0.39 is 0 Å². The minimum atomic E-state index is -0.100. The Labute approximate surface area is 99.9 Å². The smallest absolute Gasteiger partial charge is 0.323 e. The third kappa shape index (κ3) is 7.69. The highest BCUT2D eigenvalue weighted by atomic mass is 16.5. The van der Waals surface area contributed by atoms with Crippen LogP contribution in [-0.4, -0.2) is 25.2 Å². The van der Waals surface area contributed by atoms with Crippen LogP contribution in [0.1, 0.15) is 59.3 Å². The predicted octanol–water partition coefficient (Wildman–Crippen LogP) is 2.89. The molecule has 3 heteroatoms. The zero-order valence-corrected chi connectivity index (χ0v) is 11.1. The van der Waals surface area contributed by atoms with Crippen LogP contribution in [0.5, 0.6) is 0 Å². The van der Waals surface area contributed by atoms with Crippen LogP contribution in [-0.2, 0) is 9.53 Å². The first-order valence-electron chi connectivity index (χ1n) is 6.66. The number of nitrogens with one attached hydrogen (secondary N) is 1. The Morgan fingerprint density at radius 2 is 1.88 bits per heavy atom. The molecular formula is C13H27NO2. The van der Waals surface area contributed by atoms with Crippen LogP contribution in [0, 0.1) is 0 Å². The van der Waals surface area contributed by atoms with Crippen LogP contribution in [0.15, 0.2) is 0 Å². The highest BCUT2D eigenvalue weighted by molar-refractivity contribution is 5.75. The van der Waals surface area contributed by atoms with E-state index in [0.717, 1.165) is 25.8 Å². The Morgan fingerprint density at radius 3 is 2.44 bits per heavy atom. The fourth-order valence-electron chi connectivity index (χ4n) is 1.64. The van der Waals surface area contributed by atoms with E-state index in [0.29, 0.717) is 6.61 Å². The molecule has 0 saturated heterocycles. The molecule has 0 spiro atoms. The van der Waals surface area contributed by atoms with Crippen LogP contribution in [0.2, 0.25) is 0 Å². The molecule has 16 heavy (non-hydrogen) atoms. The molecule has 0 aliphatic rings. The van der Waals surface area contributed by atoms with Crippen LogP contribution in [0.4, 0.5) is 0 Å². The molecular weight excluding hydrogens is 202 g/mol. The van der Waals surface area contributed by atoms with Crippen molar-refractivity contribution in [2.45, 2.75) is 65.3 Å². The minimum Gasteiger partial charge on any atom is -0.465 e. The molecule has 0 radical (unpaired) electrons. The molecule has 0 aliphatic carbocycles. The van der Waals surface area contributed by atoms with Crippen molar-refractivity contribution in [1.29, 1.82) is 0 Å². The van der Waals surface area contributed by atoms with Gasteiger partial charge >= 0.3 is 5.97 Å². The van der Waals surface area contributed by atoms with Crippen molar-refractivity contribution < 1.29 is 9.53 Å². The van der Waals surface area contributed by atoms with Gasteiger partial charge in [-0.2, -0.15) is 0 Å². The molecule has 0 aromatic heterocycles. The van der Waals surface area contributed by atoms with Crippen molar-refractivity contribution in [3.8, 4) is 0 Å². The SMILES string of the molecule is CCCCCCC(NCCC)C(=O)OCC. The van der Waals surface area contributed by atoms with Crippen molar-refractivity contribution in [3.05, 3.63) is 0 Å². The standard InChI is InChI=1S/C13H27NO2/c1-4-7-8-9-10-12(14-11-5-2)13(15)16-6-3/h12,14H,4-11H2,1-3H3. The Bertz CT molecular complexity index is 171. The number of ether oxygens (including phenoxy) is 1. The summed E-state index contributed by atoms with van der Waals surface area (Å²) in [6.45, 7) is 7.51. The average Bonchev–Trinajstić information content (AvgIpc) is 2.28. The van der Waals surface area contributed by atoms with Gasteiger partial charge in [0.05, 0.1) is 6.61 Å². The van der Waals surface area contributed by atoms with Gasteiger partial charge in [0, 0.05) is 0 Å². The van der Waals surface area contributed by atoms with E-state index in [1.54, 1.807) is 0 Å². The molecule has 3 nitrogen and oxygen atoms in total. The summed E-state index contributed by atoms with van der Waals surface area (Å²) in [6, 6.07) is -0.100. The number of rotatable bonds is 10. The Morgan fingerprint density at radius 1 is 1.12 bits per heavy atom. The van der Waals surface area contributed by atoms with Crippen molar-refractivity contribution in [2.75, 3.05) is 13.2 Å². The summed E-state index contributed by atoms with van der Waals surface area (Å²) in [5.74, 6) is -0.0903. The lowest BCUT2D eigenvalue weighted by Crippen LogP contribution is -2.38. The third-order valence-corrected chi connectivity index (χ3v) is 2.56. The topological polar surface area (TPSA) is 38.3 Å². The monoisotopic (exact) mass is 229 g/mol. The minimum absolute atomic E-state index is 0.0903. The van der Waals surface area contributed by atoms with Crippen LogP contribution in [0.25, 0.3) is 0 Å². The molecule has 0 bridgehead atoms. The van der Waals surface area contributed by atoms with Crippen molar-refractivity contribution in [1.82, 2.24) is 5.32 Å². The van der Waals surface area contributed by atoms with Crippen molar-refractivity contribution >= 4 is 5.97 Å². The first-order valence-corrected chi connectivity index (χ1v) is 6.66. The maximum absolute atomic E-state index is 11.6. The van der Waals surface area contributed by atoms with E-state index in [1.807, 2.05) is 6.92 Å². The average molecular weight is 229 g/mol. The van der Waals surface area contributed by atoms with Crippen LogP contribution < -0.4 is 5.32 Å². The highest BCUT2D eigenvalue weighted by Crippen LogP contribution is 2.07. The van der Waals surface area contributed by atoms with Gasteiger partial charge in [-0.3, -0.25) is 4.79 Å². The summed E-state index contributed by atoms with van der Waals surface area (Å²) < 4.78 is 5.06. The van der Waals surface area contributed by atoms with Gasteiger partial charge in [-0.1, -0.05) is 39.5 Å². The summed E-state index contributed by atoms with van der Waals surface area (Å²) >= 11 is 0. The summed E-state index contributed by atoms with van der Waals surface area (Å²) in [6.07, 6.45) is 6.74. The summed E-state index contributed by atoms with van der Waals surface area (Å²) in [4.78, 5) is 11.6. The molecule has 0 rings (SSSR count). The second-order valence-electron chi connectivity index (χ2n) is 4.11. The van der Waals surface area contributed by atoms with Gasteiger partial charge in [-0.25, -0.2) is 0 Å². The molecule has 0 heterocycles. The third-order valence-electron chi connectivity index (χ3n) is 2.56. The van der Waals surface area contributed by atoms with E-state index in [2.05, 4.69) is 19.2 Å². The van der Waals surface area contributed by atoms with Gasteiger partial charge in [0.15, 0.2) is 0 Å². The number of hydrogen-bond donors (Lipinski definition) is 1. The maximum Gasteiger partial charge on any atom is 0.323 e.